The van der Waals surface area contributed by atoms with E-state index in [1.165, 1.54) is 6.07 Å². The molecule has 1 aromatic heterocycles. The quantitative estimate of drug-likeness (QED) is 0.822. The molecule has 1 N–H and O–H groups in total. The summed E-state index contributed by atoms with van der Waals surface area (Å²) in [6, 6.07) is 4.68. The number of rotatable bonds is 6. The molecule has 1 heterocycles. The fourth-order valence-corrected chi connectivity index (χ4v) is 2.18. The van der Waals surface area contributed by atoms with Gasteiger partial charge in [0.1, 0.15) is 5.82 Å². The Balaban J connectivity index is 1.74. The molecule has 0 saturated heterocycles. The van der Waals surface area contributed by atoms with Gasteiger partial charge in [-0.3, -0.25) is 4.79 Å². The normalized spacial score (nSPS) is 10.5. The second-order valence-electron chi connectivity index (χ2n) is 4.36. The number of halogens is 2. The third-order valence-electron chi connectivity index (χ3n) is 2.88. The van der Waals surface area contributed by atoms with Crippen LogP contribution in [0, 0.1) is 5.82 Å². The fraction of sp³-hybridized carbons (Fsp3) is 0.286. The predicted octanol–water partition coefficient (Wildman–Crippen LogP) is 2.99. The van der Waals surface area contributed by atoms with Gasteiger partial charge in [0.05, 0.1) is 16.4 Å². The Hall–Kier alpha value is -1.69. The lowest BCUT2D eigenvalue weighted by atomic mass is 10.2. The van der Waals surface area contributed by atoms with Gasteiger partial charge in [-0.15, -0.1) is 0 Å². The molecule has 4 nitrogen and oxygen atoms in total. The summed E-state index contributed by atoms with van der Waals surface area (Å²) in [7, 11) is 0. The maximum Gasteiger partial charge on any atom is 0.254 e. The van der Waals surface area contributed by atoms with Gasteiger partial charge in [-0.25, -0.2) is 9.37 Å². The number of hydrogen-bond donors (Lipinski definition) is 1. The number of nitrogens with zero attached hydrogens (tertiary/aromatic N) is 2. The Morgan fingerprint density at radius 2 is 2.25 bits per heavy atom. The molecule has 0 bridgehead atoms. The first-order valence-electron chi connectivity index (χ1n) is 6.36. The highest BCUT2D eigenvalue weighted by atomic mass is 79.9. The zero-order chi connectivity index (χ0) is 14.4. The number of amides is 1. The van der Waals surface area contributed by atoms with Crippen molar-refractivity contribution in [1.82, 2.24) is 14.9 Å². The van der Waals surface area contributed by atoms with Gasteiger partial charge in [0.25, 0.3) is 5.91 Å². The smallest absolute Gasteiger partial charge is 0.254 e. The summed E-state index contributed by atoms with van der Waals surface area (Å²) in [5, 5.41) is 2.72. The summed E-state index contributed by atoms with van der Waals surface area (Å²) in [5.41, 5.74) is 0.0639. The van der Waals surface area contributed by atoms with Gasteiger partial charge in [-0.05, 0) is 40.9 Å². The van der Waals surface area contributed by atoms with E-state index in [9.17, 15) is 9.18 Å². The van der Waals surface area contributed by atoms with Crippen molar-refractivity contribution in [3.63, 3.8) is 0 Å². The Bertz CT molecular complexity index is 572. The first-order chi connectivity index (χ1) is 9.68. The Morgan fingerprint density at radius 3 is 3.00 bits per heavy atom. The Morgan fingerprint density at radius 1 is 1.40 bits per heavy atom. The maximum absolute atomic E-state index is 13.7. The van der Waals surface area contributed by atoms with E-state index in [1.54, 1.807) is 24.7 Å². The predicted molar refractivity (Wildman–Crippen MR) is 77.9 cm³/mol. The minimum Gasteiger partial charge on any atom is -0.352 e. The number of carbonyl (C=O) groups excluding carboxylic acids is 1. The van der Waals surface area contributed by atoms with Crippen molar-refractivity contribution in [3.05, 3.63) is 52.8 Å². The highest BCUT2D eigenvalue weighted by molar-refractivity contribution is 9.10. The van der Waals surface area contributed by atoms with Crippen LogP contribution in [0.5, 0.6) is 0 Å². The van der Waals surface area contributed by atoms with E-state index in [4.69, 9.17) is 0 Å². The molecule has 106 valence electrons. The standard InChI is InChI=1S/C14H15BrFN3O/c15-12-5-3-4-11(13(12)16)14(20)18-6-1-2-8-19-9-7-17-10-19/h3-5,7,9-10H,1-2,6,8H2,(H,18,20). The molecule has 0 aliphatic heterocycles. The molecule has 0 radical (unpaired) electrons. The highest BCUT2D eigenvalue weighted by Gasteiger charge is 2.12. The molecule has 0 atom stereocenters. The van der Waals surface area contributed by atoms with Gasteiger partial charge in [-0.1, -0.05) is 6.07 Å². The third-order valence-corrected chi connectivity index (χ3v) is 3.50. The Kier molecular flexibility index (Phi) is 5.29. The van der Waals surface area contributed by atoms with E-state index in [-0.39, 0.29) is 11.5 Å². The molecule has 2 rings (SSSR count). The van der Waals surface area contributed by atoms with Crippen LogP contribution in [0.1, 0.15) is 23.2 Å². The van der Waals surface area contributed by atoms with E-state index in [2.05, 4.69) is 26.2 Å². The molecule has 0 aliphatic carbocycles. The summed E-state index contributed by atoms with van der Waals surface area (Å²) in [4.78, 5) is 15.8. The summed E-state index contributed by atoms with van der Waals surface area (Å²) < 4.78 is 16.0. The van der Waals surface area contributed by atoms with E-state index >= 15 is 0 Å². The van der Waals surface area contributed by atoms with Crippen molar-refractivity contribution in [2.24, 2.45) is 0 Å². The lowest BCUT2D eigenvalue weighted by Crippen LogP contribution is -2.25. The first kappa shape index (κ1) is 14.7. The van der Waals surface area contributed by atoms with Crippen LogP contribution < -0.4 is 5.32 Å². The van der Waals surface area contributed by atoms with Crippen molar-refractivity contribution in [2.75, 3.05) is 6.54 Å². The molecule has 6 heteroatoms. The number of nitrogens with one attached hydrogen (secondary N) is 1. The van der Waals surface area contributed by atoms with Gasteiger partial charge >= 0.3 is 0 Å². The highest BCUT2D eigenvalue weighted by Crippen LogP contribution is 2.18. The minimum atomic E-state index is -0.525. The number of aromatic nitrogens is 2. The average Bonchev–Trinajstić information content (AvgIpc) is 2.94. The number of aryl methyl sites for hydroxylation is 1. The molecule has 1 amide bonds. The largest absolute Gasteiger partial charge is 0.352 e. The van der Waals surface area contributed by atoms with Gasteiger partial charge in [-0.2, -0.15) is 0 Å². The molecule has 0 unspecified atom stereocenters. The summed E-state index contributed by atoms with van der Waals surface area (Å²) in [5.74, 6) is -0.908. The van der Waals surface area contributed by atoms with Gasteiger partial charge in [0.2, 0.25) is 0 Å². The molecule has 20 heavy (non-hydrogen) atoms. The molecule has 0 saturated carbocycles. The summed E-state index contributed by atoms with van der Waals surface area (Å²) in [6.07, 6.45) is 7.15. The van der Waals surface area contributed by atoms with Crippen LogP contribution in [0.4, 0.5) is 4.39 Å². The minimum absolute atomic E-state index is 0.0639. The molecular formula is C14H15BrFN3O. The lowest BCUT2D eigenvalue weighted by Gasteiger charge is -2.07. The van der Waals surface area contributed by atoms with Crippen molar-refractivity contribution < 1.29 is 9.18 Å². The number of imidazole rings is 1. The number of unbranched alkanes of at least 4 members (excludes halogenated alkanes) is 1. The zero-order valence-electron chi connectivity index (χ0n) is 10.9. The van der Waals surface area contributed by atoms with Gasteiger partial charge in [0.15, 0.2) is 0 Å². The van der Waals surface area contributed by atoms with Gasteiger partial charge in [0, 0.05) is 25.5 Å². The third kappa shape index (κ3) is 3.90. The molecular weight excluding hydrogens is 325 g/mol. The van der Waals surface area contributed by atoms with Crippen LogP contribution in [0.2, 0.25) is 0 Å². The van der Waals surface area contributed by atoms with Crippen molar-refractivity contribution in [3.8, 4) is 0 Å². The van der Waals surface area contributed by atoms with Gasteiger partial charge < -0.3 is 9.88 Å². The number of hydrogen-bond acceptors (Lipinski definition) is 2. The number of carbonyl (C=O) groups is 1. The topological polar surface area (TPSA) is 46.9 Å². The molecule has 2 aromatic rings. The van der Waals surface area contributed by atoms with E-state index < -0.39 is 5.82 Å². The maximum atomic E-state index is 13.7. The summed E-state index contributed by atoms with van der Waals surface area (Å²) in [6.45, 7) is 1.39. The fourth-order valence-electron chi connectivity index (χ4n) is 1.81. The Labute approximate surface area is 125 Å². The van der Waals surface area contributed by atoms with Crippen molar-refractivity contribution >= 4 is 21.8 Å². The second kappa shape index (κ2) is 7.19. The lowest BCUT2D eigenvalue weighted by molar-refractivity contribution is 0.0948. The van der Waals surface area contributed by atoms with Crippen LogP contribution in [0.15, 0.2) is 41.4 Å². The van der Waals surface area contributed by atoms with Crippen LogP contribution >= 0.6 is 15.9 Å². The average molecular weight is 340 g/mol. The monoisotopic (exact) mass is 339 g/mol. The molecule has 0 aliphatic rings. The van der Waals surface area contributed by atoms with E-state index in [0.717, 1.165) is 19.4 Å². The molecule has 0 spiro atoms. The van der Waals surface area contributed by atoms with Crippen LogP contribution in [-0.2, 0) is 6.54 Å². The van der Waals surface area contributed by atoms with Crippen molar-refractivity contribution in [1.29, 1.82) is 0 Å². The van der Waals surface area contributed by atoms with Crippen LogP contribution in [0.3, 0.4) is 0 Å². The number of benzene rings is 1. The first-order valence-corrected chi connectivity index (χ1v) is 7.16. The van der Waals surface area contributed by atoms with E-state index in [0.29, 0.717) is 11.0 Å². The van der Waals surface area contributed by atoms with Crippen LogP contribution in [0.25, 0.3) is 0 Å². The summed E-state index contributed by atoms with van der Waals surface area (Å²) >= 11 is 3.07. The van der Waals surface area contributed by atoms with Crippen LogP contribution in [-0.4, -0.2) is 22.0 Å². The van der Waals surface area contributed by atoms with E-state index in [1.807, 2.05) is 10.8 Å². The molecule has 0 fully saturated rings. The molecule has 1 aromatic carbocycles. The SMILES string of the molecule is O=C(NCCCCn1ccnc1)c1cccc(Br)c1F. The zero-order valence-corrected chi connectivity index (χ0v) is 12.4. The van der Waals surface area contributed by atoms with Crippen molar-refractivity contribution in [2.45, 2.75) is 19.4 Å². The second-order valence-corrected chi connectivity index (χ2v) is 5.22.